The normalized spacial score (nSPS) is 19.4. The van der Waals surface area contributed by atoms with E-state index in [1.807, 2.05) is 6.07 Å². The minimum absolute atomic E-state index is 0.0128. The fraction of sp³-hybridized carbons (Fsp3) is 0.267. The molecule has 1 aromatic rings. The van der Waals surface area contributed by atoms with E-state index >= 15 is 0 Å². The summed E-state index contributed by atoms with van der Waals surface area (Å²) in [6, 6.07) is 9.83. The van der Waals surface area contributed by atoms with Crippen LogP contribution in [0.1, 0.15) is 12.0 Å². The van der Waals surface area contributed by atoms with E-state index in [4.69, 9.17) is 10.5 Å². The van der Waals surface area contributed by atoms with Gasteiger partial charge in [-0.05, 0) is 18.6 Å². The third-order valence-electron chi connectivity index (χ3n) is 3.36. The molecule has 1 amide bonds. The molecule has 0 aromatic heterocycles. The standard InChI is InChI=1S/C15H14N4O3S/c16-7-11-3-1-2-4-14(11)19-15(20)12(8-17)9-18-13-5-6-23(21,22)10-13/h1-4,9,13,18H,5-6,10H2,(H,19,20)/b12-9-. The highest BCUT2D eigenvalue weighted by Gasteiger charge is 2.27. The lowest BCUT2D eigenvalue weighted by Gasteiger charge is -2.09. The van der Waals surface area contributed by atoms with Crippen LogP contribution in [0.2, 0.25) is 0 Å². The minimum Gasteiger partial charge on any atom is -0.386 e. The highest BCUT2D eigenvalue weighted by Crippen LogP contribution is 2.15. The van der Waals surface area contributed by atoms with Crippen molar-refractivity contribution < 1.29 is 13.2 Å². The first-order chi connectivity index (χ1) is 10.9. The summed E-state index contributed by atoms with van der Waals surface area (Å²) in [5.74, 6) is -0.577. The SMILES string of the molecule is N#C/C(=C/NC1CCS(=O)(=O)C1)C(=O)Nc1ccccc1C#N. The monoisotopic (exact) mass is 330 g/mol. The fourth-order valence-electron chi connectivity index (χ4n) is 2.16. The third-order valence-corrected chi connectivity index (χ3v) is 5.12. The number of anilines is 1. The van der Waals surface area contributed by atoms with Gasteiger partial charge in [0, 0.05) is 12.2 Å². The Kier molecular flexibility index (Phi) is 4.99. The molecule has 1 heterocycles. The molecule has 2 N–H and O–H groups in total. The van der Waals surface area contributed by atoms with Crippen molar-refractivity contribution in [3.63, 3.8) is 0 Å². The highest BCUT2D eigenvalue weighted by atomic mass is 32.2. The lowest BCUT2D eigenvalue weighted by atomic mass is 10.2. The zero-order valence-corrected chi connectivity index (χ0v) is 12.9. The Balaban J connectivity index is 2.06. The van der Waals surface area contributed by atoms with Crippen LogP contribution >= 0.6 is 0 Å². The molecule has 1 aliphatic heterocycles. The van der Waals surface area contributed by atoms with E-state index in [9.17, 15) is 13.2 Å². The molecule has 23 heavy (non-hydrogen) atoms. The second kappa shape index (κ2) is 6.95. The molecule has 1 aromatic carbocycles. The topological polar surface area (TPSA) is 123 Å². The van der Waals surface area contributed by atoms with E-state index in [2.05, 4.69) is 10.6 Å². The van der Waals surface area contributed by atoms with Gasteiger partial charge in [-0.2, -0.15) is 10.5 Å². The Morgan fingerprint density at radius 3 is 2.65 bits per heavy atom. The molecule has 118 valence electrons. The molecule has 1 fully saturated rings. The molecule has 2 rings (SSSR count). The average Bonchev–Trinajstić information content (AvgIpc) is 2.87. The summed E-state index contributed by atoms with van der Waals surface area (Å²) in [6.07, 6.45) is 1.66. The van der Waals surface area contributed by atoms with Gasteiger partial charge in [-0.3, -0.25) is 4.79 Å². The summed E-state index contributed by atoms with van der Waals surface area (Å²) >= 11 is 0. The van der Waals surface area contributed by atoms with Crippen LogP contribution in [-0.2, 0) is 14.6 Å². The lowest BCUT2D eigenvalue weighted by molar-refractivity contribution is -0.112. The minimum atomic E-state index is -3.04. The zero-order chi connectivity index (χ0) is 16.9. The largest absolute Gasteiger partial charge is 0.386 e. The van der Waals surface area contributed by atoms with Crippen LogP contribution in [-0.4, -0.2) is 31.9 Å². The van der Waals surface area contributed by atoms with E-state index in [0.717, 1.165) is 0 Å². The summed E-state index contributed by atoms with van der Waals surface area (Å²) in [7, 11) is -3.04. The van der Waals surface area contributed by atoms with Crippen LogP contribution in [0.5, 0.6) is 0 Å². The van der Waals surface area contributed by atoms with E-state index in [0.29, 0.717) is 12.1 Å². The van der Waals surface area contributed by atoms with Crippen molar-refractivity contribution in [3.05, 3.63) is 41.6 Å². The van der Waals surface area contributed by atoms with E-state index < -0.39 is 15.7 Å². The quantitative estimate of drug-likeness (QED) is 0.618. The van der Waals surface area contributed by atoms with E-state index in [-0.39, 0.29) is 28.7 Å². The number of nitriles is 2. The molecule has 1 atom stereocenters. The van der Waals surface area contributed by atoms with Crippen LogP contribution in [0, 0.1) is 22.7 Å². The molecule has 1 unspecified atom stereocenters. The maximum Gasteiger partial charge on any atom is 0.267 e. The number of sulfone groups is 1. The van der Waals surface area contributed by atoms with Gasteiger partial charge in [0.2, 0.25) is 0 Å². The number of para-hydroxylation sites is 1. The number of rotatable bonds is 4. The molecule has 0 saturated carbocycles. The number of hydrogen-bond acceptors (Lipinski definition) is 6. The van der Waals surface area contributed by atoms with E-state index in [1.54, 1.807) is 30.3 Å². The Bertz CT molecular complexity index is 831. The van der Waals surface area contributed by atoms with Gasteiger partial charge in [0.15, 0.2) is 9.84 Å². The number of nitrogens with one attached hydrogen (secondary N) is 2. The van der Waals surface area contributed by atoms with Crippen molar-refractivity contribution in [3.8, 4) is 12.1 Å². The number of carbonyl (C=O) groups is 1. The zero-order valence-electron chi connectivity index (χ0n) is 12.1. The molecule has 1 saturated heterocycles. The van der Waals surface area contributed by atoms with Crippen LogP contribution in [0.3, 0.4) is 0 Å². The molecular formula is C15H14N4O3S. The van der Waals surface area contributed by atoms with E-state index in [1.165, 1.54) is 6.20 Å². The van der Waals surface area contributed by atoms with Crippen molar-refractivity contribution in [1.82, 2.24) is 5.32 Å². The molecule has 0 aliphatic carbocycles. The average molecular weight is 330 g/mol. The Labute approximate surface area is 134 Å². The second-order valence-corrected chi connectivity index (χ2v) is 7.28. The predicted molar refractivity (Wildman–Crippen MR) is 83.7 cm³/mol. The van der Waals surface area contributed by atoms with Gasteiger partial charge in [0.05, 0.1) is 22.8 Å². The smallest absolute Gasteiger partial charge is 0.267 e. The van der Waals surface area contributed by atoms with Gasteiger partial charge in [0.1, 0.15) is 17.7 Å². The summed E-state index contributed by atoms with van der Waals surface area (Å²) in [6.45, 7) is 0. The number of hydrogen-bond donors (Lipinski definition) is 2. The Hall–Kier alpha value is -2.84. The maximum absolute atomic E-state index is 12.1. The van der Waals surface area contributed by atoms with Crippen molar-refractivity contribution >= 4 is 21.4 Å². The number of nitrogens with zero attached hydrogens (tertiary/aromatic N) is 2. The summed E-state index contributed by atoms with van der Waals surface area (Å²) < 4.78 is 22.7. The van der Waals surface area contributed by atoms with Crippen LogP contribution in [0.15, 0.2) is 36.0 Å². The Morgan fingerprint density at radius 1 is 1.30 bits per heavy atom. The molecule has 7 nitrogen and oxygen atoms in total. The van der Waals surface area contributed by atoms with Gasteiger partial charge in [-0.25, -0.2) is 8.42 Å². The van der Waals surface area contributed by atoms with Crippen LogP contribution in [0.25, 0.3) is 0 Å². The number of benzene rings is 1. The first-order valence-corrected chi connectivity index (χ1v) is 8.64. The van der Waals surface area contributed by atoms with Crippen molar-refractivity contribution in [2.24, 2.45) is 0 Å². The summed E-state index contributed by atoms with van der Waals surface area (Å²) in [5.41, 5.74) is 0.402. The van der Waals surface area contributed by atoms with Crippen LogP contribution in [0.4, 0.5) is 5.69 Å². The molecule has 1 aliphatic rings. The van der Waals surface area contributed by atoms with Crippen molar-refractivity contribution in [1.29, 1.82) is 10.5 Å². The van der Waals surface area contributed by atoms with Gasteiger partial charge in [0.25, 0.3) is 5.91 Å². The van der Waals surface area contributed by atoms with Gasteiger partial charge in [-0.1, -0.05) is 12.1 Å². The number of amides is 1. The first kappa shape index (κ1) is 16.5. The number of carbonyl (C=O) groups excluding carboxylic acids is 1. The summed E-state index contributed by atoms with van der Waals surface area (Å²) in [5, 5.41) is 23.3. The molecule has 0 spiro atoms. The van der Waals surface area contributed by atoms with Crippen LogP contribution < -0.4 is 10.6 Å². The van der Waals surface area contributed by atoms with Gasteiger partial charge < -0.3 is 10.6 Å². The summed E-state index contributed by atoms with van der Waals surface area (Å²) in [4.78, 5) is 12.1. The predicted octanol–water partition coefficient (Wildman–Crippen LogP) is 0.681. The Morgan fingerprint density at radius 2 is 2.04 bits per heavy atom. The van der Waals surface area contributed by atoms with Crippen molar-refractivity contribution in [2.45, 2.75) is 12.5 Å². The third kappa shape index (κ3) is 4.31. The van der Waals surface area contributed by atoms with Gasteiger partial charge >= 0.3 is 0 Å². The van der Waals surface area contributed by atoms with Gasteiger partial charge in [-0.15, -0.1) is 0 Å². The first-order valence-electron chi connectivity index (χ1n) is 6.82. The molecular weight excluding hydrogens is 316 g/mol. The highest BCUT2D eigenvalue weighted by molar-refractivity contribution is 7.91. The molecule has 0 bridgehead atoms. The second-order valence-electron chi connectivity index (χ2n) is 5.05. The maximum atomic E-state index is 12.1. The molecule has 0 radical (unpaired) electrons. The lowest BCUT2D eigenvalue weighted by Crippen LogP contribution is -2.27. The fourth-order valence-corrected chi connectivity index (χ4v) is 3.84. The molecule has 8 heteroatoms. The van der Waals surface area contributed by atoms with Crippen molar-refractivity contribution in [2.75, 3.05) is 16.8 Å².